The summed E-state index contributed by atoms with van der Waals surface area (Å²) in [6.45, 7) is 6.49. The zero-order valence-corrected chi connectivity index (χ0v) is 15.5. The molecule has 1 atom stereocenters. The Morgan fingerprint density at radius 1 is 1.35 bits per heavy atom. The molecule has 1 unspecified atom stereocenters. The summed E-state index contributed by atoms with van der Waals surface area (Å²) < 4.78 is 11.3. The number of hydrogen-bond donors (Lipinski definition) is 2. The monoisotopic (exact) mass is 360 g/mol. The Labute approximate surface area is 154 Å². The molecule has 142 valence electrons. The van der Waals surface area contributed by atoms with E-state index in [4.69, 9.17) is 9.15 Å². The van der Waals surface area contributed by atoms with E-state index in [1.165, 1.54) is 0 Å². The van der Waals surface area contributed by atoms with Crippen molar-refractivity contribution in [1.29, 1.82) is 0 Å². The van der Waals surface area contributed by atoms with Crippen LogP contribution >= 0.6 is 0 Å². The number of aliphatic hydroxyl groups is 1. The first-order valence-electron chi connectivity index (χ1n) is 9.35. The molecule has 2 N–H and O–H groups in total. The lowest BCUT2D eigenvalue weighted by Gasteiger charge is -2.15. The number of likely N-dealkylation sites (tertiary alicyclic amines) is 1. The van der Waals surface area contributed by atoms with Gasteiger partial charge in [0.25, 0.3) is 0 Å². The molecule has 6 nitrogen and oxygen atoms in total. The minimum atomic E-state index is -0.571. The lowest BCUT2D eigenvalue weighted by Crippen LogP contribution is -2.35. The van der Waals surface area contributed by atoms with Gasteiger partial charge < -0.3 is 24.5 Å². The number of nitrogens with one attached hydrogen (secondary N) is 1. The molecule has 2 heterocycles. The van der Waals surface area contributed by atoms with Crippen molar-refractivity contribution < 1.29 is 19.1 Å². The molecule has 1 aromatic heterocycles. The Morgan fingerprint density at radius 3 is 2.85 bits per heavy atom. The van der Waals surface area contributed by atoms with Crippen molar-refractivity contribution in [2.24, 2.45) is 0 Å². The molecule has 0 radical (unpaired) electrons. The van der Waals surface area contributed by atoms with Crippen LogP contribution in [0.25, 0.3) is 11.0 Å². The minimum Gasteiger partial charge on any atom is -0.491 e. The fourth-order valence-electron chi connectivity index (χ4n) is 3.15. The van der Waals surface area contributed by atoms with Crippen LogP contribution in [0.15, 0.2) is 28.9 Å². The molecule has 1 aliphatic heterocycles. The van der Waals surface area contributed by atoms with Crippen molar-refractivity contribution in [2.45, 2.75) is 45.3 Å². The third-order valence-corrected chi connectivity index (χ3v) is 4.63. The van der Waals surface area contributed by atoms with Crippen LogP contribution in [-0.2, 0) is 11.2 Å². The smallest absolute Gasteiger partial charge is 0.227 e. The van der Waals surface area contributed by atoms with Gasteiger partial charge in [0.1, 0.15) is 24.0 Å². The van der Waals surface area contributed by atoms with Gasteiger partial charge in [0.05, 0.1) is 12.7 Å². The van der Waals surface area contributed by atoms with E-state index in [0.717, 1.165) is 36.9 Å². The molecule has 0 saturated carbocycles. The maximum absolute atomic E-state index is 12.3. The number of ether oxygens (including phenoxy) is 1. The van der Waals surface area contributed by atoms with E-state index in [1.54, 1.807) is 6.26 Å². The maximum atomic E-state index is 12.3. The van der Waals surface area contributed by atoms with E-state index in [2.05, 4.69) is 5.32 Å². The topological polar surface area (TPSA) is 74.9 Å². The molecule has 1 amide bonds. The molecule has 26 heavy (non-hydrogen) atoms. The van der Waals surface area contributed by atoms with E-state index < -0.39 is 6.10 Å². The number of carbonyl (C=O) groups is 1. The molecular formula is C20H28N2O4. The molecule has 1 aromatic carbocycles. The van der Waals surface area contributed by atoms with Crippen LogP contribution in [0.5, 0.6) is 5.75 Å². The number of rotatable bonds is 8. The average molecular weight is 360 g/mol. The average Bonchev–Trinajstić information content (AvgIpc) is 3.28. The normalized spacial score (nSPS) is 15.8. The minimum absolute atomic E-state index is 0.159. The van der Waals surface area contributed by atoms with Gasteiger partial charge >= 0.3 is 0 Å². The molecule has 1 aliphatic rings. The Morgan fingerprint density at radius 2 is 2.12 bits per heavy atom. The Hall–Kier alpha value is -2.05. The standard InChI is InChI=1S/C20H28N2O4/c1-14(2)21-11-16(23)13-25-17-5-6-18-15(12-26-19(18)10-17)9-20(24)22-7-3-4-8-22/h5-6,10,12,14,16,21,23H,3-4,7-9,11,13H2,1-2H3. The first-order valence-corrected chi connectivity index (χ1v) is 9.35. The Kier molecular flexibility index (Phi) is 6.16. The molecule has 6 heteroatoms. The highest BCUT2D eigenvalue weighted by Crippen LogP contribution is 2.26. The molecule has 3 rings (SSSR count). The quantitative estimate of drug-likeness (QED) is 0.756. The van der Waals surface area contributed by atoms with Crippen molar-refractivity contribution in [3.05, 3.63) is 30.0 Å². The second kappa shape index (κ2) is 8.56. The van der Waals surface area contributed by atoms with Gasteiger partial charge in [-0.2, -0.15) is 0 Å². The second-order valence-corrected chi connectivity index (χ2v) is 7.21. The fourth-order valence-corrected chi connectivity index (χ4v) is 3.15. The Bertz CT molecular complexity index is 734. The summed E-state index contributed by atoms with van der Waals surface area (Å²) in [4.78, 5) is 14.3. The van der Waals surface area contributed by atoms with E-state index in [9.17, 15) is 9.90 Å². The maximum Gasteiger partial charge on any atom is 0.227 e. The molecule has 1 saturated heterocycles. The zero-order valence-electron chi connectivity index (χ0n) is 15.5. The number of aliphatic hydroxyl groups excluding tert-OH is 1. The van der Waals surface area contributed by atoms with Crippen molar-refractivity contribution in [3.8, 4) is 5.75 Å². The van der Waals surface area contributed by atoms with Gasteiger partial charge in [0.2, 0.25) is 5.91 Å². The van der Waals surface area contributed by atoms with Crippen LogP contribution in [0.2, 0.25) is 0 Å². The largest absolute Gasteiger partial charge is 0.491 e. The van der Waals surface area contributed by atoms with Gasteiger partial charge in [-0.1, -0.05) is 13.8 Å². The number of carbonyl (C=O) groups excluding carboxylic acids is 1. The highest BCUT2D eigenvalue weighted by molar-refractivity contribution is 5.88. The number of hydrogen-bond acceptors (Lipinski definition) is 5. The number of benzene rings is 1. The number of nitrogens with zero attached hydrogens (tertiary/aromatic N) is 1. The first-order chi connectivity index (χ1) is 12.5. The summed E-state index contributed by atoms with van der Waals surface area (Å²) in [7, 11) is 0. The van der Waals surface area contributed by atoms with E-state index in [-0.39, 0.29) is 12.5 Å². The van der Waals surface area contributed by atoms with Gasteiger partial charge in [0, 0.05) is 42.7 Å². The van der Waals surface area contributed by atoms with Crippen LogP contribution in [-0.4, -0.2) is 54.3 Å². The van der Waals surface area contributed by atoms with Crippen LogP contribution < -0.4 is 10.1 Å². The fraction of sp³-hybridized carbons (Fsp3) is 0.550. The summed E-state index contributed by atoms with van der Waals surface area (Å²) in [5, 5.41) is 14.0. The van der Waals surface area contributed by atoms with Gasteiger partial charge in [-0.3, -0.25) is 4.79 Å². The predicted octanol–water partition coefficient (Wildman–Crippen LogP) is 2.34. The predicted molar refractivity (Wildman–Crippen MR) is 100 cm³/mol. The van der Waals surface area contributed by atoms with E-state index in [1.807, 2.05) is 36.9 Å². The Balaban J connectivity index is 1.58. The van der Waals surface area contributed by atoms with Crippen molar-refractivity contribution >= 4 is 16.9 Å². The van der Waals surface area contributed by atoms with Gasteiger partial charge in [0.15, 0.2) is 0 Å². The van der Waals surface area contributed by atoms with Gasteiger partial charge in [-0.15, -0.1) is 0 Å². The highest BCUT2D eigenvalue weighted by Gasteiger charge is 2.20. The first kappa shape index (κ1) is 18.7. The lowest BCUT2D eigenvalue weighted by atomic mass is 10.1. The molecule has 2 aromatic rings. The molecular weight excluding hydrogens is 332 g/mol. The number of fused-ring (bicyclic) bond motifs is 1. The van der Waals surface area contributed by atoms with Crippen LogP contribution in [0.3, 0.4) is 0 Å². The SMILES string of the molecule is CC(C)NCC(O)COc1ccc2c(CC(=O)N3CCCC3)coc2c1. The lowest BCUT2D eigenvalue weighted by molar-refractivity contribution is -0.129. The summed E-state index contributed by atoms with van der Waals surface area (Å²) >= 11 is 0. The van der Waals surface area contributed by atoms with Crippen LogP contribution in [0.4, 0.5) is 0 Å². The van der Waals surface area contributed by atoms with E-state index >= 15 is 0 Å². The summed E-state index contributed by atoms with van der Waals surface area (Å²) in [6, 6.07) is 5.90. The van der Waals surface area contributed by atoms with E-state index in [0.29, 0.717) is 30.3 Å². The third-order valence-electron chi connectivity index (χ3n) is 4.63. The summed E-state index contributed by atoms with van der Waals surface area (Å²) in [5.41, 5.74) is 1.60. The van der Waals surface area contributed by atoms with Crippen molar-refractivity contribution in [1.82, 2.24) is 10.2 Å². The van der Waals surface area contributed by atoms with Crippen molar-refractivity contribution in [2.75, 3.05) is 26.2 Å². The molecule has 1 fully saturated rings. The van der Waals surface area contributed by atoms with Crippen molar-refractivity contribution in [3.63, 3.8) is 0 Å². The third kappa shape index (κ3) is 4.77. The molecule has 0 spiro atoms. The van der Waals surface area contributed by atoms with Crippen LogP contribution in [0.1, 0.15) is 32.3 Å². The molecule has 0 aliphatic carbocycles. The second-order valence-electron chi connectivity index (χ2n) is 7.21. The summed E-state index contributed by atoms with van der Waals surface area (Å²) in [6.07, 6.45) is 3.64. The highest BCUT2D eigenvalue weighted by atomic mass is 16.5. The van der Waals surface area contributed by atoms with Crippen LogP contribution in [0, 0.1) is 0 Å². The van der Waals surface area contributed by atoms with Gasteiger partial charge in [-0.05, 0) is 25.0 Å². The number of amides is 1. The molecule has 0 bridgehead atoms. The number of furan rings is 1. The van der Waals surface area contributed by atoms with Gasteiger partial charge in [-0.25, -0.2) is 0 Å². The zero-order chi connectivity index (χ0) is 18.5. The summed E-state index contributed by atoms with van der Waals surface area (Å²) in [5.74, 6) is 0.805.